The molecule has 0 bridgehead atoms. The molecule has 0 fully saturated rings. The van der Waals surface area contributed by atoms with Gasteiger partial charge in [-0.2, -0.15) is 0 Å². The summed E-state index contributed by atoms with van der Waals surface area (Å²) in [5, 5.41) is 0. The van der Waals surface area contributed by atoms with E-state index in [0.29, 0.717) is 5.69 Å². The summed E-state index contributed by atoms with van der Waals surface area (Å²) in [6.07, 6.45) is 7.07. The van der Waals surface area contributed by atoms with Crippen molar-refractivity contribution in [2.45, 2.75) is 20.8 Å². The largest absolute Gasteiger partial charge is 0.285 e. The van der Waals surface area contributed by atoms with E-state index < -0.39 is 0 Å². The fourth-order valence-corrected chi connectivity index (χ4v) is 2.09. The first-order chi connectivity index (χ1) is 10.6. The van der Waals surface area contributed by atoms with Crippen molar-refractivity contribution in [1.82, 2.24) is 24.5 Å². The maximum atomic E-state index is 4.46. The molecule has 0 saturated heterocycles. The highest BCUT2D eigenvalue weighted by molar-refractivity contribution is 5.40. The van der Waals surface area contributed by atoms with E-state index in [-0.39, 0.29) is 0 Å². The molecule has 0 unspecified atom stereocenters. The molecule has 3 rings (SSSR count). The molecule has 22 heavy (non-hydrogen) atoms. The second-order valence-electron chi connectivity index (χ2n) is 5.00. The van der Waals surface area contributed by atoms with Crippen LogP contribution in [-0.4, -0.2) is 24.5 Å². The Balaban J connectivity index is 1.93. The molecule has 108 valence electrons. The second kappa shape index (κ2) is 5.78. The van der Waals surface area contributed by atoms with E-state index in [0.717, 1.165) is 28.6 Å². The molecule has 5 heteroatoms. The second-order valence-corrected chi connectivity index (χ2v) is 5.00. The fourth-order valence-electron chi connectivity index (χ4n) is 2.09. The zero-order chi connectivity index (χ0) is 15.5. The molecule has 3 heterocycles. The van der Waals surface area contributed by atoms with Crippen LogP contribution in [0.1, 0.15) is 28.5 Å². The van der Waals surface area contributed by atoms with Crippen molar-refractivity contribution in [2.75, 3.05) is 0 Å². The Kier molecular flexibility index (Phi) is 3.67. The summed E-state index contributed by atoms with van der Waals surface area (Å²) in [5.74, 6) is 7.76. The van der Waals surface area contributed by atoms with Gasteiger partial charge in [0.1, 0.15) is 11.5 Å². The van der Waals surface area contributed by atoms with Crippen LogP contribution in [0.15, 0.2) is 36.9 Å². The van der Waals surface area contributed by atoms with E-state index >= 15 is 0 Å². The van der Waals surface area contributed by atoms with E-state index in [1.54, 1.807) is 18.6 Å². The van der Waals surface area contributed by atoms with Gasteiger partial charge in [0.05, 0.1) is 11.9 Å². The zero-order valence-electron chi connectivity index (χ0n) is 12.7. The lowest BCUT2D eigenvalue weighted by atomic mass is 10.2. The van der Waals surface area contributed by atoms with Crippen LogP contribution in [0.25, 0.3) is 5.82 Å². The highest BCUT2D eigenvalue weighted by Gasteiger charge is 2.06. The number of aromatic nitrogens is 5. The summed E-state index contributed by atoms with van der Waals surface area (Å²) in [6.45, 7) is 5.78. The van der Waals surface area contributed by atoms with Crippen LogP contribution in [-0.2, 0) is 0 Å². The van der Waals surface area contributed by atoms with Crippen LogP contribution in [0.2, 0.25) is 0 Å². The van der Waals surface area contributed by atoms with Crippen LogP contribution >= 0.6 is 0 Å². The SMILES string of the molecule is Cc1cc(C#Cc2cn(-c3cncc(C)n3)c(C)n2)ccn1. The predicted molar refractivity (Wildman–Crippen MR) is 83.6 cm³/mol. The van der Waals surface area contributed by atoms with Crippen molar-refractivity contribution < 1.29 is 0 Å². The van der Waals surface area contributed by atoms with Gasteiger partial charge in [0.15, 0.2) is 5.82 Å². The summed E-state index contributed by atoms with van der Waals surface area (Å²) >= 11 is 0. The topological polar surface area (TPSA) is 56.5 Å². The highest BCUT2D eigenvalue weighted by Crippen LogP contribution is 2.09. The highest BCUT2D eigenvalue weighted by atomic mass is 15.1. The van der Waals surface area contributed by atoms with E-state index in [1.165, 1.54) is 0 Å². The van der Waals surface area contributed by atoms with E-state index in [1.807, 2.05) is 43.7 Å². The van der Waals surface area contributed by atoms with Gasteiger partial charge in [-0.05, 0) is 38.8 Å². The summed E-state index contributed by atoms with van der Waals surface area (Å²) in [6, 6.07) is 3.83. The van der Waals surface area contributed by atoms with Crippen molar-refractivity contribution >= 4 is 0 Å². The summed E-state index contributed by atoms with van der Waals surface area (Å²) in [7, 11) is 0. The van der Waals surface area contributed by atoms with Crippen molar-refractivity contribution in [1.29, 1.82) is 0 Å². The van der Waals surface area contributed by atoms with Gasteiger partial charge in [0.2, 0.25) is 0 Å². The van der Waals surface area contributed by atoms with Crippen LogP contribution < -0.4 is 0 Å². The Morgan fingerprint density at radius 1 is 1.00 bits per heavy atom. The maximum Gasteiger partial charge on any atom is 0.156 e. The molecule has 0 radical (unpaired) electrons. The molecule has 0 aliphatic heterocycles. The maximum absolute atomic E-state index is 4.46. The number of aryl methyl sites for hydroxylation is 3. The summed E-state index contributed by atoms with van der Waals surface area (Å²) in [5.41, 5.74) is 3.44. The molecule has 5 nitrogen and oxygen atoms in total. The molecule has 0 amide bonds. The predicted octanol–water partition coefficient (Wildman–Crippen LogP) is 2.38. The molecule has 3 aromatic heterocycles. The molecule has 0 spiro atoms. The number of pyridine rings is 1. The minimum absolute atomic E-state index is 0.704. The number of hydrogen-bond acceptors (Lipinski definition) is 4. The third-order valence-corrected chi connectivity index (χ3v) is 3.10. The Labute approximate surface area is 129 Å². The van der Waals surface area contributed by atoms with Crippen molar-refractivity contribution in [3.05, 3.63) is 65.4 Å². The average Bonchev–Trinajstić information content (AvgIpc) is 2.86. The van der Waals surface area contributed by atoms with Crippen LogP contribution in [0, 0.1) is 32.6 Å². The van der Waals surface area contributed by atoms with Crippen molar-refractivity contribution in [2.24, 2.45) is 0 Å². The van der Waals surface area contributed by atoms with Gasteiger partial charge in [0.25, 0.3) is 0 Å². The average molecular weight is 289 g/mol. The number of rotatable bonds is 1. The van der Waals surface area contributed by atoms with Gasteiger partial charge >= 0.3 is 0 Å². The van der Waals surface area contributed by atoms with Crippen molar-refractivity contribution in [3.8, 4) is 17.7 Å². The fraction of sp³-hybridized carbons (Fsp3) is 0.176. The molecule has 0 aromatic carbocycles. The molecule has 0 aliphatic rings. The third kappa shape index (κ3) is 3.01. The standard InChI is InChI=1S/C17H15N5/c1-12-8-15(6-7-19-12)4-5-16-11-22(14(3)21-16)17-10-18-9-13(2)20-17/h6-11H,1-3H3. The lowest BCUT2D eigenvalue weighted by Gasteiger charge is -2.02. The Bertz CT molecular complexity index is 883. The van der Waals surface area contributed by atoms with Crippen LogP contribution in [0.3, 0.4) is 0 Å². The quantitative estimate of drug-likeness (QED) is 0.645. The van der Waals surface area contributed by atoms with Gasteiger partial charge in [0, 0.05) is 29.8 Å². The number of imidazole rings is 1. The van der Waals surface area contributed by atoms with E-state index in [4.69, 9.17) is 0 Å². The van der Waals surface area contributed by atoms with E-state index in [2.05, 4.69) is 31.8 Å². The summed E-state index contributed by atoms with van der Waals surface area (Å²) < 4.78 is 1.89. The smallest absolute Gasteiger partial charge is 0.156 e. The van der Waals surface area contributed by atoms with E-state index in [9.17, 15) is 0 Å². The minimum Gasteiger partial charge on any atom is -0.285 e. The van der Waals surface area contributed by atoms with Gasteiger partial charge in [-0.3, -0.25) is 14.5 Å². The molecule has 3 aromatic rings. The van der Waals surface area contributed by atoms with Gasteiger partial charge in [-0.15, -0.1) is 0 Å². The third-order valence-electron chi connectivity index (χ3n) is 3.10. The lowest BCUT2D eigenvalue weighted by Crippen LogP contribution is -2.00. The Morgan fingerprint density at radius 2 is 1.86 bits per heavy atom. The first-order valence-electron chi connectivity index (χ1n) is 6.91. The van der Waals surface area contributed by atoms with Crippen LogP contribution in [0.5, 0.6) is 0 Å². The monoisotopic (exact) mass is 289 g/mol. The Hall–Kier alpha value is -3.00. The van der Waals surface area contributed by atoms with Gasteiger partial charge < -0.3 is 0 Å². The molecule has 0 aliphatic carbocycles. The minimum atomic E-state index is 0.704. The summed E-state index contributed by atoms with van der Waals surface area (Å²) in [4.78, 5) is 17.2. The Morgan fingerprint density at radius 3 is 2.64 bits per heavy atom. The molecular weight excluding hydrogens is 274 g/mol. The zero-order valence-corrected chi connectivity index (χ0v) is 12.7. The van der Waals surface area contributed by atoms with Crippen LogP contribution in [0.4, 0.5) is 0 Å². The number of nitrogens with zero attached hydrogens (tertiary/aromatic N) is 5. The van der Waals surface area contributed by atoms with Crippen molar-refractivity contribution in [3.63, 3.8) is 0 Å². The van der Waals surface area contributed by atoms with Gasteiger partial charge in [-0.25, -0.2) is 9.97 Å². The normalized spacial score (nSPS) is 10.1. The molecule has 0 saturated carbocycles. The molecule has 0 N–H and O–H groups in total. The molecular formula is C17H15N5. The molecule has 0 atom stereocenters. The first-order valence-corrected chi connectivity index (χ1v) is 6.91. The number of hydrogen-bond donors (Lipinski definition) is 0. The first kappa shape index (κ1) is 14.0. The lowest BCUT2D eigenvalue weighted by molar-refractivity contribution is 0.905. The van der Waals surface area contributed by atoms with Gasteiger partial charge in [-0.1, -0.05) is 5.92 Å².